The van der Waals surface area contributed by atoms with E-state index in [9.17, 15) is 0 Å². The van der Waals surface area contributed by atoms with E-state index >= 15 is 0 Å². The molecule has 1 saturated carbocycles. The maximum Gasteiger partial charge on any atom is 0.116 e. The van der Waals surface area contributed by atoms with Gasteiger partial charge in [0, 0.05) is 68.9 Å². The van der Waals surface area contributed by atoms with Gasteiger partial charge in [0.2, 0.25) is 0 Å². The molecule has 3 aromatic heterocycles. The molecule has 4 aromatic rings. The molecule has 3 fully saturated rings. The van der Waals surface area contributed by atoms with Crippen molar-refractivity contribution in [1.29, 1.82) is 0 Å². The fourth-order valence-electron chi connectivity index (χ4n) is 6.63. The van der Waals surface area contributed by atoms with Crippen molar-refractivity contribution in [3.05, 3.63) is 53.4 Å². The lowest BCUT2D eigenvalue weighted by Gasteiger charge is -2.46. The van der Waals surface area contributed by atoms with Crippen molar-refractivity contribution in [2.24, 2.45) is 5.92 Å². The maximum atomic E-state index is 6.39. The number of likely N-dealkylation sites (tertiary alicyclic amines) is 1. The van der Waals surface area contributed by atoms with Crippen molar-refractivity contribution in [2.75, 3.05) is 59.6 Å². The van der Waals surface area contributed by atoms with Gasteiger partial charge in [-0.2, -0.15) is 5.10 Å². The molecule has 40 heavy (non-hydrogen) atoms. The Morgan fingerprint density at radius 3 is 2.88 bits per heavy atom. The Kier molecular flexibility index (Phi) is 7.79. The van der Waals surface area contributed by atoms with Crippen LogP contribution in [-0.4, -0.2) is 100 Å². The van der Waals surface area contributed by atoms with Crippen LogP contribution in [0.15, 0.2) is 43.0 Å². The number of rotatable bonds is 10. The molecule has 7 rings (SSSR count). The van der Waals surface area contributed by atoms with Crippen molar-refractivity contribution in [2.45, 2.75) is 44.0 Å². The number of thiophene rings is 1. The van der Waals surface area contributed by atoms with Gasteiger partial charge in [0.05, 0.1) is 47.4 Å². The lowest BCUT2D eigenvalue weighted by Crippen LogP contribution is -2.52. The van der Waals surface area contributed by atoms with Crippen LogP contribution in [0.3, 0.4) is 0 Å². The number of aromatic amines is 1. The van der Waals surface area contributed by atoms with Crippen LogP contribution >= 0.6 is 11.3 Å². The third-order valence-electron chi connectivity index (χ3n) is 8.91. The second kappa shape index (κ2) is 11.8. The molecule has 2 unspecified atom stereocenters. The number of nitrogens with one attached hydrogen (secondary N) is 1. The minimum atomic E-state index is 0.00679. The van der Waals surface area contributed by atoms with Crippen molar-refractivity contribution in [3.63, 3.8) is 0 Å². The van der Waals surface area contributed by atoms with E-state index in [4.69, 9.17) is 9.47 Å². The summed E-state index contributed by atoms with van der Waals surface area (Å²) in [6.07, 6.45) is 10.9. The quantitative estimate of drug-likeness (QED) is 0.304. The molecule has 0 radical (unpaired) electrons. The molecular formula is C30H39N7O2S. The van der Waals surface area contributed by atoms with Crippen molar-refractivity contribution < 1.29 is 9.47 Å². The predicted octanol–water partition coefficient (Wildman–Crippen LogP) is 4.46. The molecule has 1 aliphatic carbocycles. The molecule has 0 spiro atoms. The topological polar surface area (TPSA) is 82.6 Å². The Balaban J connectivity index is 1.14. The molecule has 2 saturated heterocycles. The molecule has 2 atom stereocenters. The fraction of sp³-hybridized carbons (Fsp3) is 0.567. The van der Waals surface area contributed by atoms with Crippen LogP contribution in [0.25, 0.3) is 21.1 Å². The molecular weight excluding hydrogens is 522 g/mol. The number of hydrogen-bond acceptors (Lipinski definition) is 9. The summed E-state index contributed by atoms with van der Waals surface area (Å²) in [6, 6.07) is 9.30. The van der Waals surface area contributed by atoms with Crippen LogP contribution in [-0.2, 0) is 9.47 Å². The van der Waals surface area contributed by atoms with Crippen LogP contribution in [0.1, 0.15) is 48.4 Å². The van der Waals surface area contributed by atoms with Crippen molar-refractivity contribution >= 4 is 32.5 Å². The maximum absolute atomic E-state index is 6.39. The van der Waals surface area contributed by atoms with E-state index in [2.05, 4.69) is 59.1 Å². The highest BCUT2D eigenvalue weighted by molar-refractivity contribution is 7.19. The highest BCUT2D eigenvalue weighted by Crippen LogP contribution is 2.39. The van der Waals surface area contributed by atoms with Gasteiger partial charge in [-0.3, -0.25) is 19.8 Å². The van der Waals surface area contributed by atoms with Crippen molar-refractivity contribution in [3.8, 4) is 0 Å². The van der Waals surface area contributed by atoms with Gasteiger partial charge in [0.25, 0.3) is 0 Å². The van der Waals surface area contributed by atoms with E-state index in [1.165, 1.54) is 42.7 Å². The molecule has 1 aromatic carbocycles. The largest absolute Gasteiger partial charge is 0.383 e. The van der Waals surface area contributed by atoms with E-state index < -0.39 is 0 Å². The van der Waals surface area contributed by atoms with Gasteiger partial charge in [-0.1, -0.05) is 12.1 Å². The van der Waals surface area contributed by atoms with Gasteiger partial charge in [-0.05, 0) is 49.3 Å². The monoisotopic (exact) mass is 561 g/mol. The summed E-state index contributed by atoms with van der Waals surface area (Å²) < 4.78 is 13.0. The van der Waals surface area contributed by atoms with E-state index in [1.54, 1.807) is 6.33 Å². The van der Waals surface area contributed by atoms with Gasteiger partial charge in [-0.25, -0.2) is 9.97 Å². The molecule has 9 nitrogen and oxygen atoms in total. The molecule has 212 valence electrons. The Bertz CT molecular complexity index is 1380. The summed E-state index contributed by atoms with van der Waals surface area (Å²) in [7, 11) is 1.82. The SMILES string of the molecule is COCCN(CC1CC1)C1CCN(C(c2cc3ncncc3s2)N2CCOC(c3cccc4[nH]ncc34)C2)CC1. The average Bonchev–Trinajstić information content (AvgIpc) is 3.50. The Morgan fingerprint density at radius 2 is 2.05 bits per heavy atom. The normalized spacial score (nSPS) is 22.5. The number of ether oxygens (including phenoxy) is 2. The number of benzene rings is 1. The number of methoxy groups -OCH3 is 1. The fourth-order valence-corrected chi connectivity index (χ4v) is 7.79. The Hall–Kier alpha value is -2.47. The molecule has 0 amide bonds. The summed E-state index contributed by atoms with van der Waals surface area (Å²) in [5.41, 5.74) is 3.31. The second-order valence-electron chi connectivity index (χ2n) is 11.5. The Labute approximate surface area is 239 Å². The summed E-state index contributed by atoms with van der Waals surface area (Å²) in [4.78, 5) is 18.3. The summed E-state index contributed by atoms with van der Waals surface area (Å²) in [5.74, 6) is 0.896. The highest BCUT2D eigenvalue weighted by Gasteiger charge is 2.37. The first kappa shape index (κ1) is 26.4. The summed E-state index contributed by atoms with van der Waals surface area (Å²) >= 11 is 1.84. The minimum Gasteiger partial charge on any atom is -0.383 e. The van der Waals surface area contributed by atoms with E-state index in [-0.39, 0.29) is 12.3 Å². The molecule has 2 aliphatic heterocycles. The van der Waals surface area contributed by atoms with Crippen LogP contribution in [0.5, 0.6) is 0 Å². The lowest BCUT2D eigenvalue weighted by atomic mass is 10.0. The lowest BCUT2D eigenvalue weighted by molar-refractivity contribution is -0.0836. The van der Waals surface area contributed by atoms with Crippen LogP contribution in [0.4, 0.5) is 0 Å². The van der Waals surface area contributed by atoms with Gasteiger partial charge >= 0.3 is 0 Å². The first-order chi connectivity index (χ1) is 19.8. The molecule has 10 heteroatoms. The number of H-pyrrole nitrogens is 1. The number of fused-ring (bicyclic) bond motifs is 2. The van der Waals surface area contributed by atoms with E-state index in [0.717, 1.165) is 66.4 Å². The first-order valence-electron chi connectivity index (χ1n) is 14.7. The zero-order valence-electron chi connectivity index (χ0n) is 23.2. The van der Waals surface area contributed by atoms with Crippen LogP contribution in [0.2, 0.25) is 0 Å². The van der Waals surface area contributed by atoms with E-state index in [0.29, 0.717) is 12.6 Å². The smallest absolute Gasteiger partial charge is 0.116 e. The van der Waals surface area contributed by atoms with Gasteiger partial charge < -0.3 is 9.47 Å². The van der Waals surface area contributed by atoms with Crippen LogP contribution < -0.4 is 0 Å². The van der Waals surface area contributed by atoms with Crippen LogP contribution in [0, 0.1) is 5.92 Å². The third kappa shape index (κ3) is 5.53. The number of piperidine rings is 1. The minimum absolute atomic E-state index is 0.00679. The zero-order chi connectivity index (χ0) is 26.9. The zero-order valence-corrected chi connectivity index (χ0v) is 24.1. The summed E-state index contributed by atoms with van der Waals surface area (Å²) in [5, 5.41) is 8.56. The van der Waals surface area contributed by atoms with Gasteiger partial charge in [-0.15, -0.1) is 11.3 Å². The molecule has 0 bridgehead atoms. The number of morpholine rings is 1. The first-order valence-corrected chi connectivity index (χ1v) is 15.5. The Morgan fingerprint density at radius 1 is 1.15 bits per heavy atom. The standard InChI is InChI=1S/C30H39N7O2S/c1-38-13-11-36(18-21-5-6-21)22-7-9-35(10-8-22)30(28-15-26-29(40-28)17-31-20-32-26)37-12-14-39-27(19-37)23-3-2-4-25-24(23)16-33-34-25/h2-4,15-17,20-22,27,30H,5-14,18-19H2,1H3,(H,33,34). The molecule has 1 N–H and O–H groups in total. The summed E-state index contributed by atoms with van der Waals surface area (Å²) in [6.45, 7) is 7.73. The molecule has 3 aliphatic rings. The van der Waals surface area contributed by atoms with Gasteiger partial charge in [0.15, 0.2) is 0 Å². The average molecular weight is 562 g/mol. The van der Waals surface area contributed by atoms with Crippen molar-refractivity contribution in [1.82, 2.24) is 34.9 Å². The second-order valence-corrected chi connectivity index (χ2v) is 12.6. The number of hydrogen-bond donors (Lipinski definition) is 1. The van der Waals surface area contributed by atoms with Gasteiger partial charge in [0.1, 0.15) is 6.33 Å². The number of aromatic nitrogens is 4. The van der Waals surface area contributed by atoms with E-state index in [1.807, 2.05) is 30.8 Å². The third-order valence-corrected chi connectivity index (χ3v) is 10.0. The number of nitrogens with zero attached hydrogens (tertiary/aromatic N) is 6. The highest BCUT2D eigenvalue weighted by atomic mass is 32.1. The predicted molar refractivity (Wildman–Crippen MR) is 157 cm³/mol. The molecule has 5 heterocycles.